The largest absolute Gasteiger partial charge is 0.299 e. The van der Waals surface area contributed by atoms with Crippen LogP contribution in [0.2, 0.25) is 5.02 Å². The van der Waals surface area contributed by atoms with Crippen LogP contribution in [0.3, 0.4) is 0 Å². The highest BCUT2D eigenvalue weighted by Gasteiger charge is 2.10. The van der Waals surface area contributed by atoms with Gasteiger partial charge < -0.3 is 0 Å². The molecule has 15 heavy (non-hydrogen) atoms. The average molecular weight is 249 g/mol. The van der Waals surface area contributed by atoms with Crippen molar-refractivity contribution in [2.75, 3.05) is 4.72 Å². The lowest BCUT2D eigenvalue weighted by molar-refractivity contribution is 0.575. The van der Waals surface area contributed by atoms with E-state index in [1.807, 2.05) is 0 Å². The Labute approximate surface area is 94.8 Å². The maximum atomic E-state index is 11.4. The Bertz CT molecular complexity index is 414. The second-order valence-electron chi connectivity index (χ2n) is 3.38. The van der Waals surface area contributed by atoms with Gasteiger partial charge in [-0.15, -0.1) is 0 Å². The minimum absolute atomic E-state index is 0.144. The maximum absolute atomic E-state index is 11.4. The monoisotopic (exact) mass is 248 g/mol. The third-order valence-corrected chi connectivity index (χ3v) is 3.03. The molecule has 2 N–H and O–H groups in total. The van der Waals surface area contributed by atoms with Crippen LogP contribution in [-0.4, -0.2) is 14.5 Å². The van der Waals surface area contributed by atoms with Crippen LogP contribution in [-0.2, 0) is 10.2 Å². The van der Waals surface area contributed by atoms with Crippen molar-refractivity contribution in [3.05, 3.63) is 29.3 Å². The van der Waals surface area contributed by atoms with E-state index in [1.165, 1.54) is 0 Å². The minimum Gasteiger partial charge on any atom is -0.271 e. The van der Waals surface area contributed by atoms with Crippen LogP contribution in [0.5, 0.6) is 0 Å². The molecular formula is C9H13ClN2O2S. The van der Waals surface area contributed by atoms with E-state index in [1.54, 1.807) is 38.1 Å². The van der Waals surface area contributed by atoms with Crippen molar-refractivity contribution in [2.24, 2.45) is 0 Å². The fraction of sp³-hybridized carbons (Fsp3) is 0.333. The van der Waals surface area contributed by atoms with Gasteiger partial charge in [0, 0.05) is 16.8 Å². The molecule has 6 heteroatoms. The Kier molecular flexibility index (Phi) is 3.96. The zero-order valence-corrected chi connectivity index (χ0v) is 10.1. The number of halogens is 1. The predicted octanol–water partition coefficient (Wildman–Crippen LogP) is 1.99. The van der Waals surface area contributed by atoms with Crippen molar-refractivity contribution >= 4 is 27.5 Å². The highest BCUT2D eigenvalue weighted by atomic mass is 35.5. The van der Waals surface area contributed by atoms with E-state index in [9.17, 15) is 8.42 Å². The van der Waals surface area contributed by atoms with Crippen LogP contribution in [0.4, 0.5) is 5.69 Å². The summed E-state index contributed by atoms with van der Waals surface area (Å²) in [6, 6.07) is 6.29. The van der Waals surface area contributed by atoms with E-state index in [0.717, 1.165) is 0 Å². The van der Waals surface area contributed by atoms with Gasteiger partial charge in [0.15, 0.2) is 0 Å². The second-order valence-corrected chi connectivity index (χ2v) is 5.27. The molecule has 0 heterocycles. The standard InChI is InChI=1S/C9H13ClN2O2S/c1-7(2)11-15(13,14)12-9-5-3-8(10)4-6-9/h3-7,11-12H,1-2H3. The molecule has 0 aliphatic rings. The van der Waals surface area contributed by atoms with Crippen LogP contribution in [0.25, 0.3) is 0 Å². The van der Waals surface area contributed by atoms with Gasteiger partial charge in [0.25, 0.3) is 10.2 Å². The molecule has 0 aromatic heterocycles. The molecule has 1 aromatic rings. The molecule has 84 valence electrons. The Morgan fingerprint density at radius 2 is 1.73 bits per heavy atom. The summed E-state index contributed by atoms with van der Waals surface area (Å²) < 4.78 is 27.7. The number of nitrogens with one attached hydrogen (secondary N) is 2. The molecule has 0 radical (unpaired) electrons. The van der Waals surface area contributed by atoms with Gasteiger partial charge in [0.05, 0.1) is 0 Å². The zero-order chi connectivity index (χ0) is 11.5. The summed E-state index contributed by atoms with van der Waals surface area (Å²) in [4.78, 5) is 0. The van der Waals surface area contributed by atoms with E-state index < -0.39 is 10.2 Å². The topological polar surface area (TPSA) is 58.2 Å². The number of hydrogen-bond acceptors (Lipinski definition) is 2. The molecule has 1 rings (SSSR count). The SMILES string of the molecule is CC(C)NS(=O)(=O)Nc1ccc(Cl)cc1. The molecule has 0 fully saturated rings. The van der Waals surface area contributed by atoms with Crippen LogP contribution in [0.1, 0.15) is 13.8 Å². The van der Waals surface area contributed by atoms with Crippen molar-refractivity contribution < 1.29 is 8.42 Å². The Hall–Kier alpha value is -0.780. The Morgan fingerprint density at radius 3 is 2.20 bits per heavy atom. The van der Waals surface area contributed by atoms with Gasteiger partial charge in [-0.05, 0) is 38.1 Å². The van der Waals surface area contributed by atoms with Gasteiger partial charge in [-0.25, -0.2) is 0 Å². The van der Waals surface area contributed by atoms with Crippen LogP contribution >= 0.6 is 11.6 Å². The van der Waals surface area contributed by atoms with E-state index in [0.29, 0.717) is 10.7 Å². The van der Waals surface area contributed by atoms with E-state index in [-0.39, 0.29) is 6.04 Å². The van der Waals surface area contributed by atoms with E-state index in [4.69, 9.17) is 11.6 Å². The van der Waals surface area contributed by atoms with E-state index in [2.05, 4.69) is 9.44 Å². The number of anilines is 1. The van der Waals surface area contributed by atoms with E-state index >= 15 is 0 Å². The summed E-state index contributed by atoms with van der Waals surface area (Å²) in [5.74, 6) is 0. The van der Waals surface area contributed by atoms with Crippen molar-refractivity contribution in [3.8, 4) is 0 Å². The first-order valence-electron chi connectivity index (χ1n) is 4.45. The summed E-state index contributed by atoms with van der Waals surface area (Å²) in [5.41, 5.74) is 0.479. The smallest absolute Gasteiger partial charge is 0.271 e. The molecule has 0 spiro atoms. The first-order chi connectivity index (χ1) is 6.89. The zero-order valence-electron chi connectivity index (χ0n) is 8.49. The lowest BCUT2D eigenvalue weighted by Crippen LogP contribution is -2.35. The third kappa shape index (κ3) is 4.51. The van der Waals surface area contributed by atoms with Gasteiger partial charge in [-0.1, -0.05) is 11.6 Å². The van der Waals surface area contributed by atoms with Crippen LogP contribution < -0.4 is 9.44 Å². The fourth-order valence-corrected chi connectivity index (χ4v) is 2.26. The molecule has 0 unspecified atom stereocenters. The minimum atomic E-state index is -3.49. The quantitative estimate of drug-likeness (QED) is 0.856. The highest BCUT2D eigenvalue weighted by molar-refractivity contribution is 7.90. The summed E-state index contributed by atoms with van der Waals surface area (Å²) in [7, 11) is -3.49. The molecule has 0 bridgehead atoms. The van der Waals surface area contributed by atoms with Gasteiger partial charge in [-0.2, -0.15) is 13.1 Å². The summed E-state index contributed by atoms with van der Waals surface area (Å²) in [6.45, 7) is 3.50. The van der Waals surface area contributed by atoms with Gasteiger partial charge in [0.1, 0.15) is 0 Å². The van der Waals surface area contributed by atoms with Crippen molar-refractivity contribution in [2.45, 2.75) is 19.9 Å². The molecule has 0 atom stereocenters. The summed E-state index contributed by atoms with van der Waals surface area (Å²) in [6.07, 6.45) is 0. The molecule has 0 aliphatic heterocycles. The number of rotatable bonds is 4. The average Bonchev–Trinajstić information content (AvgIpc) is 2.06. The van der Waals surface area contributed by atoms with Gasteiger partial charge in [-0.3, -0.25) is 4.72 Å². The molecule has 4 nitrogen and oxygen atoms in total. The maximum Gasteiger partial charge on any atom is 0.299 e. The van der Waals surface area contributed by atoms with Crippen molar-refractivity contribution in [1.29, 1.82) is 0 Å². The second kappa shape index (κ2) is 4.83. The lowest BCUT2D eigenvalue weighted by Gasteiger charge is -2.11. The first kappa shape index (κ1) is 12.3. The summed E-state index contributed by atoms with van der Waals surface area (Å²) >= 11 is 5.67. The van der Waals surface area contributed by atoms with Gasteiger partial charge >= 0.3 is 0 Å². The number of benzene rings is 1. The lowest BCUT2D eigenvalue weighted by atomic mass is 10.3. The third-order valence-electron chi connectivity index (χ3n) is 1.49. The van der Waals surface area contributed by atoms with Crippen LogP contribution in [0, 0.1) is 0 Å². The first-order valence-corrected chi connectivity index (χ1v) is 6.31. The Balaban J connectivity index is 2.73. The molecule has 0 saturated carbocycles. The van der Waals surface area contributed by atoms with Gasteiger partial charge in [0.2, 0.25) is 0 Å². The molecule has 0 saturated heterocycles. The van der Waals surface area contributed by atoms with Crippen molar-refractivity contribution in [3.63, 3.8) is 0 Å². The molecule has 0 amide bonds. The molecular weight excluding hydrogens is 236 g/mol. The predicted molar refractivity (Wildman–Crippen MR) is 62.3 cm³/mol. The molecule has 0 aliphatic carbocycles. The highest BCUT2D eigenvalue weighted by Crippen LogP contribution is 2.14. The number of hydrogen-bond donors (Lipinski definition) is 2. The van der Waals surface area contributed by atoms with Crippen LogP contribution in [0.15, 0.2) is 24.3 Å². The van der Waals surface area contributed by atoms with Crippen molar-refractivity contribution in [1.82, 2.24) is 4.72 Å². The molecule has 1 aromatic carbocycles. The Morgan fingerprint density at radius 1 is 1.20 bits per heavy atom. The fourth-order valence-electron chi connectivity index (χ4n) is 1.01. The normalized spacial score (nSPS) is 11.7. The summed E-state index contributed by atoms with van der Waals surface area (Å²) in [5, 5.41) is 0.565.